The lowest BCUT2D eigenvalue weighted by molar-refractivity contribution is -0.122. The number of halogens is 1. The van der Waals surface area contributed by atoms with Gasteiger partial charge in [-0.15, -0.1) is 0 Å². The summed E-state index contributed by atoms with van der Waals surface area (Å²) < 4.78 is 13.1. The van der Waals surface area contributed by atoms with Crippen molar-refractivity contribution in [2.24, 2.45) is 5.92 Å². The number of carbonyl (C=O) groups excluding carboxylic acids is 2. The molecule has 1 aliphatic rings. The van der Waals surface area contributed by atoms with Crippen molar-refractivity contribution in [2.45, 2.75) is 12.8 Å². The van der Waals surface area contributed by atoms with Gasteiger partial charge in [-0.25, -0.2) is 4.39 Å². The lowest BCUT2D eigenvalue weighted by Gasteiger charge is -2.07. The summed E-state index contributed by atoms with van der Waals surface area (Å²) >= 11 is 0. The highest BCUT2D eigenvalue weighted by Gasteiger charge is 2.28. The van der Waals surface area contributed by atoms with Gasteiger partial charge in [0.1, 0.15) is 5.82 Å². The molecule has 0 spiro atoms. The maximum atomic E-state index is 13.1. The van der Waals surface area contributed by atoms with Gasteiger partial charge in [0, 0.05) is 30.3 Å². The fourth-order valence-electron chi connectivity index (χ4n) is 1.70. The molecule has 4 N–H and O–H groups in total. The first-order valence-electron chi connectivity index (χ1n) is 6.18. The molecule has 0 bridgehead atoms. The Morgan fingerprint density at radius 3 is 2.53 bits per heavy atom. The van der Waals surface area contributed by atoms with E-state index in [0.717, 1.165) is 25.0 Å². The van der Waals surface area contributed by atoms with Gasteiger partial charge in [-0.2, -0.15) is 0 Å². The van der Waals surface area contributed by atoms with Crippen molar-refractivity contribution in [1.29, 1.82) is 0 Å². The second-order valence-electron chi connectivity index (χ2n) is 4.59. The lowest BCUT2D eigenvalue weighted by atomic mass is 10.2. The molecule has 5 nitrogen and oxygen atoms in total. The van der Waals surface area contributed by atoms with Crippen LogP contribution in [0.1, 0.15) is 23.2 Å². The van der Waals surface area contributed by atoms with E-state index in [0.29, 0.717) is 13.1 Å². The quantitative estimate of drug-likeness (QED) is 0.540. The summed E-state index contributed by atoms with van der Waals surface area (Å²) in [5, 5.41) is 5.31. The maximum Gasteiger partial charge on any atom is 0.251 e. The van der Waals surface area contributed by atoms with E-state index in [-0.39, 0.29) is 23.1 Å². The van der Waals surface area contributed by atoms with Gasteiger partial charge < -0.3 is 16.4 Å². The van der Waals surface area contributed by atoms with Crippen LogP contribution in [0.3, 0.4) is 0 Å². The minimum Gasteiger partial charge on any atom is -0.399 e. The Hall–Kier alpha value is -2.11. The summed E-state index contributed by atoms with van der Waals surface area (Å²) in [6.07, 6.45) is 1.89. The number of hydrogen-bond donors (Lipinski definition) is 3. The van der Waals surface area contributed by atoms with Crippen LogP contribution in [0.5, 0.6) is 0 Å². The van der Waals surface area contributed by atoms with Crippen molar-refractivity contribution >= 4 is 17.5 Å². The van der Waals surface area contributed by atoms with E-state index in [9.17, 15) is 14.0 Å². The smallest absolute Gasteiger partial charge is 0.251 e. The molecule has 1 aromatic carbocycles. The van der Waals surface area contributed by atoms with Crippen molar-refractivity contribution < 1.29 is 14.0 Å². The van der Waals surface area contributed by atoms with E-state index in [1.807, 2.05) is 0 Å². The first-order valence-corrected chi connectivity index (χ1v) is 6.18. The van der Waals surface area contributed by atoms with Crippen molar-refractivity contribution in [3.63, 3.8) is 0 Å². The third-order valence-electron chi connectivity index (χ3n) is 2.84. The van der Waals surface area contributed by atoms with Crippen LogP contribution >= 0.6 is 0 Å². The maximum absolute atomic E-state index is 13.1. The number of amides is 2. The second kappa shape index (κ2) is 5.69. The molecule has 1 fully saturated rings. The summed E-state index contributed by atoms with van der Waals surface area (Å²) in [4.78, 5) is 23.0. The monoisotopic (exact) mass is 265 g/mol. The van der Waals surface area contributed by atoms with Crippen molar-refractivity contribution in [2.75, 3.05) is 18.8 Å². The van der Waals surface area contributed by atoms with Crippen LogP contribution in [0.25, 0.3) is 0 Å². The van der Waals surface area contributed by atoms with Gasteiger partial charge in [0.05, 0.1) is 0 Å². The van der Waals surface area contributed by atoms with Gasteiger partial charge in [0.2, 0.25) is 5.91 Å². The summed E-state index contributed by atoms with van der Waals surface area (Å²) in [6.45, 7) is 0.666. The number of nitrogens with one attached hydrogen (secondary N) is 2. The molecule has 0 aromatic heterocycles. The zero-order valence-electron chi connectivity index (χ0n) is 10.4. The molecule has 0 heterocycles. The van der Waals surface area contributed by atoms with Gasteiger partial charge in [0.15, 0.2) is 0 Å². The van der Waals surface area contributed by atoms with Crippen LogP contribution in [0, 0.1) is 11.7 Å². The Morgan fingerprint density at radius 1 is 1.21 bits per heavy atom. The van der Waals surface area contributed by atoms with Gasteiger partial charge in [-0.05, 0) is 31.0 Å². The van der Waals surface area contributed by atoms with Crippen molar-refractivity contribution in [1.82, 2.24) is 10.6 Å². The van der Waals surface area contributed by atoms with E-state index in [4.69, 9.17) is 5.73 Å². The number of carbonyl (C=O) groups is 2. The fraction of sp³-hybridized carbons (Fsp3) is 0.385. The van der Waals surface area contributed by atoms with E-state index in [1.54, 1.807) is 0 Å². The normalized spacial score (nSPS) is 13.9. The number of rotatable bonds is 5. The zero-order valence-corrected chi connectivity index (χ0v) is 10.4. The first-order chi connectivity index (χ1) is 9.06. The third-order valence-corrected chi connectivity index (χ3v) is 2.84. The van der Waals surface area contributed by atoms with Crippen molar-refractivity contribution in [3.8, 4) is 0 Å². The number of benzene rings is 1. The number of nitrogens with two attached hydrogens (primary N) is 1. The van der Waals surface area contributed by atoms with E-state index in [1.165, 1.54) is 6.07 Å². The molecule has 0 saturated heterocycles. The lowest BCUT2D eigenvalue weighted by Crippen LogP contribution is -2.35. The summed E-state index contributed by atoms with van der Waals surface area (Å²) in [5.41, 5.74) is 5.83. The Labute approximate surface area is 110 Å². The molecular formula is C13H16FN3O2. The second-order valence-corrected chi connectivity index (χ2v) is 4.59. The molecule has 0 aliphatic heterocycles. The summed E-state index contributed by atoms with van der Waals surface area (Å²) in [6, 6.07) is 3.67. The van der Waals surface area contributed by atoms with Gasteiger partial charge >= 0.3 is 0 Å². The average Bonchev–Trinajstić information content (AvgIpc) is 3.17. The molecule has 2 amide bonds. The van der Waals surface area contributed by atoms with Crippen LogP contribution in [0.15, 0.2) is 18.2 Å². The van der Waals surface area contributed by atoms with Crippen LogP contribution in [-0.4, -0.2) is 24.9 Å². The first kappa shape index (κ1) is 13.3. The van der Waals surface area contributed by atoms with Crippen LogP contribution in [0.2, 0.25) is 0 Å². The number of hydrogen-bond acceptors (Lipinski definition) is 3. The molecule has 1 aromatic rings. The molecule has 2 rings (SSSR count). The average molecular weight is 265 g/mol. The number of anilines is 1. The van der Waals surface area contributed by atoms with Gasteiger partial charge in [-0.1, -0.05) is 0 Å². The standard InChI is InChI=1S/C13H16FN3O2/c14-10-5-9(6-11(15)7-10)13(19)17-4-3-16-12(18)8-1-2-8/h5-8H,1-4,15H2,(H,16,18)(H,17,19). The Bertz CT molecular complexity index is 480. The molecule has 6 heteroatoms. The Balaban J connectivity index is 1.75. The molecule has 19 heavy (non-hydrogen) atoms. The molecule has 1 aliphatic carbocycles. The minimum atomic E-state index is -0.549. The van der Waals surface area contributed by atoms with Crippen molar-refractivity contribution in [3.05, 3.63) is 29.6 Å². The summed E-state index contributed by atoms with van der Waals surface area (Å²) in [5.74, 6) is -0.776. The molecule has 0 unspecified atom stereocenters. The summed E-state index contributed by atoms with van der Waals surface area (Å²) in [7, 11) is 0. The van der Waals surface area contributed by atoms with Gasteiger partial charge in [0.25, 0.3) is 5.91 Å². The topological polar surface area (TPSA) is 84.2 Å². The van der Waals surface area contributed by atoms with E-state index >= 15 is 0 Å². The van der Waals surface area contributed by atoms with E-state index < -0.39 is 11.7 Å². The number of nitrogen functional groups attached to an aromatic ring is 1. The van der Waals surface area contributed by atoms with Gasteiger partial charge in [-0.3, -0.25) is 9.59 Å². The van der Waals surface area contributed by atoms with Crippen LogP contribution in [0.4, 0.5) is 10.1 Å². The Morgan fingerprint density at radius 2 is 1.89 bits per heavy atom. The molecular weight excluding hydrogens is 249 g/mol. The van der Waals surface area contributed by atoms with Crippen LogP contribution < -0.4 is 16.4 Å². The molecule has 0 radical (unpaired) electrons. The predicted octanol–water partition coefficient (Wildman–Crippen LogP) is 0.664. The predicted molar refractivity (Wildman–Crippen MR) is 68.9 cm³/mol. The minimum absolute atomic E-state index is 0.0317. The van der Waals surface area contributed by atoms with Crippen LogP contribution in [-0.2, 0) is 4.79 Å². The molecule has 102 valence electrons. The Kier molecular flexibility index (Phi) is 3.99. The van der Waals surface area contributed by atoms with E-state index in [2.05, 4.69) is 10.6 Å². The highest BCUT2D eigenvalue weighted by Crippen LogP contribution is 2.28. The largest absolute Gasteiger partial charge is 0.399 e. The SMILES string of the molecule is Nc1cc(F)cc(C(=O)NCCNC(=O)C2CC2)c1. The fourth-order valence-corrected chi connectivity index (χ4v) is 1.70. The zero-order chi connectivity index (χ0) is 13.8. The highest BCUT2D eigenvalue weighted by molar-refractivity contribution is 5.95. The third kappa shape index (κ3) is 3.94. The highest BCUT2D eigenvalue weighted by atomic mass is 19.1. The molecule has 0 atom stereocenters. The molecule has 1 saturated carbocycles.